The average molecular weight is 379 g/mol. The number of hydrogen-bond donors (Lipinski definition) is 2. The first-order valence-corrected chi connectivity index (χ1v) is 7.91. The van der Waals surface area contributed by atoms with Gasteiger partial charge >= 0.3 is 0 Å². The molecule has 4 heterocycles. The number of alkyl halides is 4. The van der Waals surface area contributed by atoms with Gasteiger partial charge in [-0.1, -0.05) is 0 Å². The van der Waals surface area contributed by atoms with Gasteiger partial charge in [0, 0.05) is 30.3 Å². The van der Waals surface area contributed by atoms with Crippen molar-refractivity contribution in [1.29, 1.82) is 0 Å². The molecule has 0 atom stereocenters. The Balaban J connectivity index is 1.72. The Morgan fingerprint density at radius 3 is 2.78 bits per heavy atom. The van der Waals surface area contributed by atoms with E-state index in [4.69, 9.17) is 0 Å². The summed E-state index contributed by atoms with van der Waals surface area (Å²) in [6.45, 7) is 0.193. The molecular weight excluding hydrogens is 366 g/mol. The van der Waals surface area contributed by atoms with E-state index in [2.05, 4.69) is 30.4 Å². The zero-order chi connectivity index (χ0) is 19.2. The number of hydrogen-bond acceptors (Lipinski definition) is 5. The number of anilines is 1. The lowest BCUT2D eigenvalue weighted by molar-refractivity contribution is 0.0366. The summed E-state index contributed by atoms with van der Waals surface area (Å²) in [7, 11) is 0. The monoisotopic (exact) mass is 379 g/mol. The Bertz CT molecular complexity index is 1110. The van der Waals surface area contributed by atoms with Crippen molar-refractivity contribution in [3.8, 4) is 11.3 Å². The van der Waals surface area contributed by atoms with Crippen molar-refractivity contribution in [1.82, 2.24) is 29.5 Å². The third kappa shape index (κ3) is 3.27. The fraction of sp³-hybridized carbons (Fsp3) is 0.250. The summed E-state index contributed by atoms with van der Waals surface area (Å²) in [4.78, 5) is 15.0. The molecule has 0 aliphatic heterocycles. The van der Waals surface area contributed by atoms with Gasteiger partial charge in [-0.25, -0.2) is 32.0 Å². The first-order valence-electron chi connectivity index (χ1n) is 7.91. The van der Waals surface area contributed by atoms with Crippen LogP contribution >= 0.6 is 0 Å². The number of halogens is 4. The normalized spacial score (nSPS) is 12.4. The minimum absolute atomic E-state index is 0.0513. The Morgan fingerprint density at radius 2 is 2.04 bits per heavy atom. The van der Waals surface area contributed by atoms with E-state index < -0.39 is 18.9 Å². The zero-order valence-electron chi connectivity index (χ0n) is 13.9. The van der Waals surface area contributed by atoms with Crippen molar-refractivity contribution < 1.29 is 17.6 Å². The smallest absolute Gasteiger partial charge is 0.282 e. The molecule has 11 heteroatoms. The van der Waals surface area contributed by atoms with Gasteiger partial charge in [-0.2, -0.15) is 10.1 Å². The first kappa shape index (κ1) is 17.2. The van der Waals surface area contributed by atoms with Crippen LogP contribution in [0.3, 0.4) is 0 Å². The van der Waals surface area contributed by atoms with Crippen LogP contribution in [0.4, 0.5) is 23.5 Å². The van der Waals surface area contributed by atoms with E-state index in [1.165, 1.54) is 6.20 Å². The predicted molar refractivity (Wildman–Crippen MR) is 89.9 cm³/mol. The Hall–Kier alpha value is -3.24. The van der Waals surface area contributed by atoms with Gasteiger partial charge in [0.15, 0.2) is 5.65 Å². The van der Waals surface area contributed by atoms with Crippen LogP contribution in [0, 0.1) is 0 Å². The zero-order valence-corrected chi connectivity index (χ0v) is 13.9. The summed E-state index contributed by atoms with van der Waals surface area (Å²) in [5.74, 6) is -2.85. The van der Waals surface area contributed by atoms with E-state index in [1.807, 2.05) is 0 Å². The van der Waals surface area contributed by atoms with Gasteiger partial charge in [0.25, 0.3) is 12.3 Å². The standard InChI is InChI=1S/C16H13F4N7/c1-16(19,20)7-24-15-23-5-9-8(4-22-14(9)25-15)10-2-3-12-21-6-11(13(17)18)27(12)26-10/h2-6,13H,7H2,1H3,(H2,22,23,24,25). The number of rotatable bonds is 5. The second kappa shape index (κ2) is 6.18. The average Bonchev–Trinajstić information content (AvgIpc) is 3.22. The maximum atomic E-state index is 13.1. The van der Waals surface area contributed by atoms with Crippen molar-refractivity contribution in [2.45, 2.75) is 19.3 Å². The quantitative estimate of drug-likeness (QED) is 0.517. The van der Waals surface area contributed by atoms with E-state index in [9.17, 15) is 17.6 Å². The summed E-state index contributed by atoms with van der Waals surface area (Å²) in [6.07, 6.45) is 1.43. The number of aromatic nitrogens is 6. The Morgan fingerprint density at radius 1 is 1.22 bits per heavy atom. The summed E-state index contributed by atoms with van der Waals surface area (Å²) < 4.78 is 53.1. The highest BCUT2D eigenvalue weighted by Crippen LogP contribution is 2.28. The molecule has 0 aromatic carbocycles. The molecule has 140 valence electrons. The molecule has 2 N–H and O–H groups in total. The maximum absolute atomic E-state index is 13.1. The van der Waals surface area contributed by atoms with E-state index in [0.717, 1.165) is 17.6 Å². The fourth-order valence-corrected chi connectivity index (χ4v) is 2.62. The molecule has 0 fully saturated rings. The van der Waals surface area contributed by atoms with Crippen molar-refractivity contribution in [2.75, 3.05) is 11.9 Å². The molecule has 0 radical (unpaired) electrons. The number of nitrogens with one attached hydrogen (secondary N) is 2. The topological polar surface area (TPSA) is 83.8 Å². The lowest BCUT2D eigenvalue weighted by Crippen LogP contribution is -2.23. The molecule has 0 unspecified atom stereocenters. The highest BCUT2D eigenvalue weighted by molar-refractivity contribution is 5.92. The second-order valence-electron chi connectivity index (χ2n) is 6.05. The molecule has 0 amide bonds. The highest BCUT2D eigenvalue weighted by Gasteiger charge is 2.21. The third-order valence-corrected chi connectivity index (χ3v) is 3.88. The van der Waals surface area contributed by atoms with Crippen LogP contribution in [0.1, 0.15) is 19.0 Å². The lowest BCUT2D eigenvalue weighted by atomic mass is 10.2. The van der Waals surface area contributed by atoms with Crippen LogP contribution in [-0.4, -0.2) is 42.0 Å². The molecule has 0 saturated carbocycles. The molecular formula is C16H13F4N7. The summed E-state index contributed by atoms with van der Waals surface area (Å²) in [5.41, 5.74) is 1.40. The van der Waals surface area contributed by atoms with Gasteiger partial charge in [0.2, 0.25) is 5.95 Å². The van der Waals surface area contributed by atoms with Crippen LogP contribution in [-0.2, 0) is 0 Å². The number of nitrogens with zero attached hydrogens (tertiary/aromatic N) is 5. The van der Waals surface area contributed by atoms with Crippen LogP contribution < -0.4 is 5.32 Å². The molecule has 4 rings (SSSR count). The number of aromatic amines is 1. The number of imidazole rings is 1. The van der Waals surface area contributed by atoms with E-state index in [0.29, 0.717) is 27.9 Å². The molecule has 4 aromatic rings. The summed E-state index contributed by atoms with van der Waals surface area (Å²) in [6, 6.07) is 3.22. The van der Waals surface area contributed by atoms with Crippen molar-refractivity contribution in [3.63, 3.8) is 0 Å². The summed E-state index contributed by atoms with van der Waals surface area (Å²) >= 11 is 0. The van der Waals surface area contributed by atoms with Crippen LogP contribution in [0.5, 0.6) is 0 Å². The second-order valence-corrected chi connectivity index (χ2v) is 6.05. The molecule has 0 aliphatic rings. The van der Waals surface area contributed by atoms with Crippen molar-refractivity contribution >= 4 is 22.6 Å². The van der Waals surface area contributed by atoms with Crippen LogP contribution in [0.25, 0.3) is 27.9 Å². The number of fused-ring (bicyclic) bond motifs is 2. The molecule has 0 saturated heterocycles. The van der Waals surface area contributed by atoms with Gasteiger partial charge < -0.3 is 10.3 Å². The maximum Gasteiger partial charge on any atom is 0.282 e. The van der Waals surface area contributed by atoms with Crippen molar-refractivity contribution in [3.05, 3.63) is 36.4 Å². The molecule has 0 bridgehead atoms. The van der Waals surface area contributed by atoms with E-state index >= 15 is 0 Å². The van der Waals surface area contributed by atoms with Gasteiger partial charge in [-0.05, 0) is 12.1 Å². The molecule has 0 aliphatic carbocycles. The van der Waals surface area contributed by atoms with E-state index in [-0.39, 0.29) is 11.6 Å². The minimum atomic E-state index is -2.90. The van der Waals surface area contributed by atoms with Crippen molar-refractivity contribution in [2.24, 2.45) is 0 Å². The Labute approximate surface area is 149 Å². The highest BCUT2D eigenvalue weighted by atomic mass is 19.3. The van der Waals surface area contributed by atoms with Gasteiger partial charge in [-0.3, -0.25) is 0 Å². The fourth-order valence-electron chi connectivity index (χ4n) is 2.62. The molecule has 0 spiro atoms. The van der Waals surface area contributed by atoms with Gasteiger partial charge in [-0.15, -0.1) is 0 Å². The number of H-pyrrole nitrogens is 1. The van der Waals surface area contributed by atoms with Crippen LogP contribution in [0.2, 0.25) is 0 Å². The largest absolute Gasteiger partial charge is 0.348 e. The first-order chi connectivity index (χ1) is 12.8. The lowest BCUT2D eigenvalue weighted by Gasteiger charge is -2.10. The molecule has 4 aromatic heterocycles. The Kier molecular flexibility index (Phi) is 3.93. The van der Waals surface area contributed by atoms with E-state index in [1.54, 1.807) is 18.3 Å². The molecule has 7 nitrogen and oxygen atoms in total. The third-order valence-electron chi connectivity index (χ3n) is 3.88. The van der Waals surface area contributed by atoms with Crippen LogP contribution in [0.15, 0.2) is 30.7 Å². The van der Waals surface area contributed by atoms with Gasteiger partial charge in [0.1, 0.15) is 11.3 Å². The SMILES string of the molecule is CC(F)(F)CNc1ncc2c(-c3ccc4ncc(C(F)F)n4n3)c[nH]c2n1. The van der Waals surface area contributed by atoms with Gasteiger partial charge in [0.05, 0.1) is 18.4 Å². The predicted octanol–water partition coefficient (Wildman–Crippen LogP) is 3.67. The minimum Gasteiger partial charge on any atom is -0.348 e. The summed E-state index contributed by atoms with van der Waals surface area (Å²) in [5, 5.41) is 7.26. The molecule has 27 heavy (non-hydrogen) atoms.